The van der Waals surface area contributed by atoms with Gasteiger partial charge in [0.25, 0.3) is 0 Å². The summed E-state index contributed by atoms with van der Waals surface area (Å²) in [7, 11) is 0. The van der Waals surface area contributed by atoms with Gasteiger partial charge in [-0.15, -0.1) is 0 Å². The predicted molar refractivity (Wildman–Crippen MR) is 73.0 cm³/mol. The molecule has 3 rings (SSSR count). The van der Waals surface area contributed by atoms with Crippen molar-refractivity contribution in [2.24, 2.45) is 5.92 Å². The van der Waals surface area contributed by atoms with E-state index in [1.807, 2.05) is 6.07 Å². The van der Waals surface area contributed by atoms with E-state index in [1.165, 1.54) is 0 Å². The third-order valence-corrected chi connectivity index (χ3v) is 4.66. The Morgan fingerprint density at radius 1 is 1.56 bits per heavy atom. The summed E-state index contributed by atoms with van der Waals surface area (Å²) >= 11 is 7.61. The second-order valence-corrected chi connectivity index (χ2v) is 5.70. The Hall–Kier alpha value is -1.38. The molecule has 1 saturated heterocycles. The predicted octanol–water partition coefficient (Wildman–Crippen LogP) is 3.08. The van der Waals surface area contributed by atoms with Crippen molar-refractivity contribution in [1.29, 1.82) is 5.26 Å². The molecular formula is C12H11ClN4S. The number of anilines is 1. The Kier molecular flexibility index (Phi) is 3.06. The minimum absolute atomic E-state index is 0.111. The summed E-state index contributed by atoms with van der Waals surface area (Å²) in [5, 5.41) is 10.5. The molecule has 6 heteroatoms. The van der Waals surface area contributed by atoms with E-state index < -0.39 is 0 Å². The van der Waals surface area contributed by atoms with Gasteiger partial charge in [0.15, 0.2) is 5.13 Å². The Labute approximate surface area is 114 Å². The average molecular weight is 279 g/mol. The van der Waals surface area contributed by atoms with Gasteiger partial charge in [-0.05, 0) is 18.9 Å². The van der Waals surface area contributed by atoms with Crippen molar-refractivity contribution < 1.29 is 0 Å². The number of hydrogen-bond donors (Lipinski definition) is 0. The lowest BCUT2D eigenvalue weighted by Gasteiger charge is -2.28. The highest BCUT2D eigenvalue weighted by Gasteiger charge is 2.22. The van der Waals surface area contributed by atoms with Gasteiger partial charge in [-0.25, -0.2) is 9.97 Å². The molecule has 3 heterocycles. The molecule has 1 fully saturated rings. The maximum absolute atomic E-state index is 9.01. The first-order valence-electron chi connectivity index (χ1n) is 5.83. The van der Waals surface area contributed by atoms with Crippen LogP contribution in [0, 0.1) is 17.2 Å². The average Bonchev–Trinajstić information content (AvgIpc) is 2.84. The molecule has 0 amide bonds. The molecule has 0 radical (unpaired) electrons. The van der Waals surface area contributed by atoms with E-state index >= 15 is 0 Å². The molecule has 0 aliphatic carbocycles. The van der Waals surface area contributed by atoms with Crippen LogP contribution in [0.2, 0.25) is 5.15 Å². The molecule has 1 aliphatic heterocycles. The van der Waals surface area contributed by atoms with Gasteiger partial charge in [0.05, 0.1) is 22.2 Å². The van der Waals surface area contributed by atoms with E-state index in [2.05, 4.69) is 20.9 Å². The number of thiazole rings is 1. The van der Waals surface area contributed by atoms with Gasteiger partial charge in [-0.3, -0.25) is 0 Å². The van der Waals surface area contributed by atoms with Crippen molar-refractivity contribution in [3.05, 3.63) is 17.4 Å². The number of nitriles is 1. The van der Waals surface area contributed by atoms with Crippen LogP contribution in [0.15, 0.2) is 12.3 Å². The van der Waals surface area contributed by atoms with E-state index in [0.29, 0.717) is 5.15 Å². The first-order valence-corrected chi connectivity index (χ1v) is 7.03. The van der Waals surface area contributed by atoms with Crippen LogP contribution in [0.3, 0.4) is 0 Å². The molecule has 18 heavy (non-hydrogen) atoms. The highest BCUT2D eigenvalue weighted by Crippen LogP contribution is 2.34. The molecule has 1 atom stereocenters. The Morgan fingerprint density at radius 3 is 3.22 bits per heavy atom. The van der Waals surface area contributed by atoms with Crippen LogP contribution < -0.4 is 4.90 Å². The van der Waals surface area contributed by atoms with Gasteiger partial charge in [0, 0.05) is 19.3 Å². The van der Waals surface area contributed by atoms with Crippen molar-refractivity contribution >= 4 is 38.3 Å². The van der Waals surface area contributed by atoms with E-state index in [-0.39, 0.29) is 5.92 Å². The molecule has 0 unspecified atom stereocenters. The van der Waals surface area contributed by atoms with Crippen molar-refractivity contribution in [1.82, 2.24) is 9.97 Å². The van der Waals surface area contributed by atoms with Gasteiger partial charge in [-0.2, -0.15) is 5.26 Å². The molecule has 0 bridgehead atoms. The number of rotatable bonds is 1. The maximum Gasteiger partial charge on any atom is 0.186 e. The van der Waals surface area contributed by atoms with E-state index in [9.17, 15) is 0 Å². The molecule has 92 valence electrons. The number of halogens is 1. The zero-order valence-electron chi connectivity index (χ0n) is 9.64. The monoisotopic (exact) mass is 278 g/mol. The minimum atomic E-state index is 0.111. The molecule has 4 nitrogen and oxygen atoms in total. The van der Waals surface area contributed by atoms with Gasteiger partial charge >= 0.3 is 0 Å². The van der Waals surface area contributed by atoms with Crippen LogP contribution >= 0.6 is 22.9 Å². The highest BCUT2D eigenvalue weighted by molar-refractivity contribution is 7.22. The van der Waals surface area contributed by atoms with Crippen LogP contribution in [0.4, 0.5) is 5.13 Å². The van der Waals surface area contributed by atoms with Gasteiger partial charge in [0.2, 0.25) is 0 Å². The Balaban J connectivity index is 1.95. The van der Waals surface area contributed by atoms with Crippen LogP contribution in [-0.2, 0) is 0 Å². The summed E-state index contributed by atoms with van der Waals surface area (Å²) < 4.78 is 0.924. The normalized spacial score (nSPS) is 20.0. The molecule has 0 saturated carbocycles. The Bertz CT molecular complexity index is 618. The van der Waals surface area contributed by atoms with Crippen LogP contribution in [0.5, 0.6) is 0 Å². The zero-order chi connectivity index (χ0) is 12.5. The number of hydrogen-bond acceptors (Lipinski definition) is 5. The number of fused-ring (bicyclic) bond motifs is 1. The number of pyridine rings is 1. The molecule has 2 aromatic rings. The third-order valence-electron chi connectivity index (χ3n) is 3.12. The first-order chi connectivity index (χ1) is 8.78. The second kappa shape index (κ2) is 4.71. The molecule has 0 aromatic carbocycles. The number of piperidine rings is 1. The van der Waals surface area contributed by atoms with E-state index in [1.54, 1.807) is 17.5 Å². The SMILES string of the molecule is N#C[C@@H]1CCCN(c2nc3ccnc(Cl)c3s2)C1. The summed E-state index contributed by atoms with van der Waals surface area (Å²) in [5.41, 5.74) is 0.883. The standard InChI is InChI=1S/C12H11ClN4S/c13-11-10-9(3-4-15-11)16-12(18-10)17-5-1-2-8(6-14)7-17/h3-4,8H,1-2,5,7H2/t8-/m0/s1. The fourth-order valence-electron chi connectivity index (χ4n) is 2.20. The van der Waals surface area contributed by atoms with Crippen LogP contribution in [0.25, 0.3) is 10.2 Å². The summed E-state index contributed by atoms with van der Waals surface area (Å²) in [4.78, 5) is 10.8. The Morgan fingerprint density at radius 2 is 2.44 bits per heavy atom. The lowest BCUT2D eigenvalue weighted by atomic mass is 10.0. The summed E-state index contributed by atoms with van der Waals surface area (Å²) in [5.74, 6) is 0.111. The van der Waals surface area contributed by atoms with Crippen molar-refractivity contribution in [2.45, 2.75) is 12.8 Å². The fourth-order valence-corrected chi connectivity index (χ4v) is 3.45. The molecule has 0 N–H and O–H groups in total. The summed E-state index contributed by atoms with van der Waals surface area (Å²) in [6, 6.07) is 4.21. The van der Waals surface area contributed by atoms with Crippen molar-refractivity contribution in [3.8, 4) is 6.07 Å². The van der Waals surface area contributed by atoms with Gasteiger partial charge < -0.3 is 4.90 Å². The van der Waals surface area contributed by atoms with Crippen LogP contribution in [0.1, 0.15) is 12.8 Å². The number of aromatic nitrogens is 2. The quantitative estimate of drug-likeness (QED) is 0.752. The second-order valence-electron chi connectivity index (χ2n) is 4.36. The first kappa shape index (κ1) is 11.7. The summed E-state index contributed by atoms with van der Waals surface area (Å²) in [6.45, 7) is 1.73. The maximum atomic E-state index is 9.01. The lowest BCUT2D eigenvalue weighted by Crippen LogP contribution is -2.34. The summed E-state index contributed by atoms with van der Waals surface area (Å²) in [6.07, 6.45) is 3.70. The fraction of sp³-hybridized carbons (Fsp3) is 0.417. The minimum Gasteiger partial charge on any atom is -0.347 e. The number of nitrogens with zero attached hydrogens (tertiary/aromatic N) is 4. The van der Waals surface area contributed by atoms with Crippen LogP contribution in [-0.4, -0.2) is 23.1 Å². The van der Waals surface area contributed by atoms with E-state index in [0.717, 1.165) is 41.3 Å². The zero-order valence-corrected chi connectivity index (χ0v) is 11.2. The van der Waals surface area contributed by atoms with Crippen molar-refractivity contribution in [3.63, 3.8) is 0 Å². The van der Waals surface area contributed by atoms with Crippen molar-refractivity contribution in [2.75, 3.05) is 18.0 Å². The molecular weight excluding hydrogens is 268 g/mol. The molecule has 0 spiro atoms. The smallest absolute Gasteiger partial charge is 0.186 e. The highest BCUT2D eigenvalue weighted by atomic mass is 35.5. The third kappa shape index (κ3) is 2.02. The largest absolute Gasteiger partial charge is 0.347 e. The van der Waals surface area contributed by atoms with Gasteiger partial charge in [-0.1, -0.05) is 22.9 Å². The molecule has 1 aliphatic rings. The van der Waals surface area contributed by atoms with Gasteiger partial charge in [0.1, 0.15) is 5.15 Å². The lowest BCUT2D eigenvalue weighted by molar-refractivity contribution is 0.493. The topological polar surface area (TPSA) is 52.8 Å². The van der Waals surface area contributed by atoms with E-state index in [4.69, 9.17) is 16.9 Å². The molecule has 2 aromatic heterocycles.